The van der Waals surface area contributed by atoms with Gasteiger partial charge in [0.05, 0.1) is 10.5 Å². The summed E-state index contributed by atoms with van der Waals surface area (Å²) in [5.41, 5.74) is -0.297. The summed E-state index contributed by atoms with van der Waals surface area (Å²) in [4.78, 5) is -0.120. The lowest BCUT2D eigenvalue weighted by Gasteiger charge is -2.30. The third-order valence-electron chi connectivity index (χ3n) is 4.96. The van der Waals surface area contributed by atoms with Gasteiger partial charge in [-0.05, 0) is 49.3 Å². The molecule has 0 heterocycles. The Morgan fingerprint density at radius 2 is 2.09 bits per heavy atom. The zero-order valence-electron chi connectivity index (χ0n) is 11.9. The Morgan fingerprint density at radius 1 is 1.36 bits per heavy atom. The first kappa shape index (κ1) is 15.4. The van der Waals surface area contributed by atoms with Gasteiger partial charge in [-0.1, -0.05) is 0 Å². The number of aliphatic hydroxyl groups excluding tert-OH is 1. The summed E-state index contributed by atoms with van der Waals surface area (Å²) >= 11 is 0. The highest BCUT2D eigenvalue weighted by molar-refractivity contribution is 7.89. The normalized spacial score (nSPS) is 30.4. The molecule has 0 aromatic heterocycles. The molecule has 2 fully saturated rings. The smallest absolute Gasteiger partial charge is 0.240 e. The SMILES string of the molecule is N#Cc1cc(S(=O)(=O)NC2C3CCC(C3)C2CO)ccc1F. The zero-order chi connectivity index (χ0) is 15.9. The summed E-state index contributed by atoms with van der Waals surface area (Å²) in [6.07, 6.45) is 2.93. The van der Waals surface area contributed by atoms with Gasteiger partial charge >= 0.3 is 0 Å². The molecule has 22 heavy (non-hydrogen) atoms. The van der Waals surface area contributed by atoms with Crippen LogP contribution in [0.5, 0.6) is 0 Å². The van der Waals surface area contributed by atoms with E-state index in [1.54, 1.807) is 6.07 Å². The number of hydrogen-bond acceptors (Lipinski definition) is 4. The lowest BCUT2D eigenvalue weighted by molar-refractivity contribution is 0.153. The summed E-state index contributed by atoms with van der Waals surface area (Å²) < 4.78 is 40.9. The Bertz CT molecular complexity index is 729. The minimum Gasteiger partial charge on any atom is -0.396 e. The van der Waals surface area contributed by atoms with E-state index in [0.29, 0.717) is 5.92 Å². The molecule has 118 valence electrons. The van der Waals surface area contributed by atoms with Crippen LogP contribution in [0.4, 0.5) is 4.39 Å². The van der Waals surface area contributed by atoms with Gasteiger partial charge in [0.2, 0.25) is 10.0 Å². The van der Waals surface area contributed by atoms with Gasteiger partial charge in [-0.25, -0.2) is 17.5 Å². The van der Waals surface area contributed by atoms with Crippen molar-refractivity contribution in [3.05, 3.63) is 29.6 Å². The number of nitriles is 1. The van der Waals surface area contributed by atoms with Crippen LogP contribution in [0.3, 0.4) is 0 Å². The van der Waals surface area contributed by atoms with Crippen LogP contribution in [0.2, 0.25) is 0 Å². The maximum absolute atomic E-state index is 13.3. The largest absolute Gasteiger partial charge is 0.396 e. The molecule has 0 spiro atoms. The molecule has 0 amide bonds. The van der Waals surface area contributed by atoms with Crippen LogP contribution in [0.1, 0.15) is 24.8 Å². The van der Waals surface area contributed by atoms with E-state index >= 15 is 0 Å². The number of fused-ring (bicyclic) bond motifs is 2. The first-order valence-electron chi connectivity index (χ1n) is 7.29. The van der Waals surface area contributed by atoms with Crippen LogP contribution in [-0.2, 0) is 10.0 Å². The van der Waals surface area contributed by atoms with Gasteiger partial charge in [-0.2, -0.15) is 5.26 Å². The standard InChI is InChI=1S/C15H17FN2O3S/c16-14-4-3-12(6-11(14)7-17)22(20,21)18-15-10-2-1-9(5-10)13(15)8-19/h3-4,6,9-10,13,15,18-19H,1-2,5,8H2. The molecule has 5 nitrogen and oxygen atoms in total. The van der Waals surface area contributed by atoms with Crippen LogP contribution in [-0.4, -0.2) is 26.2 Å². The van der Waals surface area contributed by atoms with E-state index in [9.17, 15) is 17.9 Å². The Labute approximate surface area is 128 Å². The fourth-order valence-electron chi connectivity index (χ4n) is 3.86. The van der Waals surface area contributed by atoms with E-state index in [1.165, 1.54) is 0 Å². The molecule has 2 aliphatic rings. The molecule has 4 unspecified atom stereocenters. The Balaban J connectivity index is 1.87. The van der Waals surface area contributed by atoms with Gasteiger partial charge in [0.25, 0.3) is 0 Å². The average molecular weight is 324 g/mol. The molecule has 2 aliphatic carbocycles. The minimum absolute atomic E-state index is 0.0405. The van der Waals surface area contributed by atoms with Gasteiger partial charge in [0.1, 0.15) is 11.9 Å². The molecule has 2 N–H and O–H groups in total. The molecule has 0 aliphatic heterocycles. The van der Waals surface area contributed by atoms with Crippen LogP contribution in [0.25, 0.3) is 0 Å². The average Bonchev–Trinajstić information content (AvgIpc) is 3.08. The number of rotatable bonds is 4. The van der Waals surface area contributed by atoms with Gasteiger partial charge in [-0.15, -0.1) is 0 Å². The van der Waals surface area contributed by atoms with Crippen molar-refractivity contribution in [2.75, 3.05) is 6.61 Å². The molecule has 1 aromatic rings. The Hall–Kier alpha value is -1.49. The third-order valence-corrected chi connectivity index (χ3v) is 6.42. The van der Waals surface area contributed by atoms with Gasteiger partial charge < -0.3 is 5.11 Å². The second-order valence-electron chi connectivity index (χ2n) is 6.08. The van der Waals surface area contributed by atoms with Gasteiger partial charge in [-0.3, -0.25) is 0 Å². The highest BCUT2D eigenvalue weighted by Crippen LogP contribution is 2.48. The second-order valence-corrected chi connectivity index (χ2v) is 7.79. The number of aliphatic hydroxyl groups is 1. The first-order valence-corrected chi connectivity index (χ1v) is 8.77. The summed E-state index contributed by atoms with van der Waals surface area (Å²) in [5, 5.41) is 18.3. The number of nitrogens with zero attached hydrogens (tertiary/aromatic N) is 1. The van der Waals surface area contributed by atoms with Crippen molar-refractivity contribution in [3.8, 4) is 6.07 Å². The molecular weight excluding hydrogens is 307 g/mol. The summed E-state index contributed by atoms with van der Waals surface area (Å²) in [5.74, 6) is -0.197. The maximum Gasteiger partial charge on any atom is 0.240 e. The van der Waals surface area contributed by atoms with Crippen molar-refractivity contribution in [1.82, 2.24) is 4.72 Å². The van der Waals surface area contributed by atoms with Crippen LogP contribution >= 0.6 is 0 Å². The predicted octanol–water partition coefficient (Wildman–Crippen LogP) is 1.38. The van der Waals surface area contributed by atoms with Crippen LogP contribution in [0, 0.1) is 34.9 Å². The van der Waals surface area contributed by atoms with E-state index in [2.05, 4.69) is 4.72 Å². The fourth-order valence-corrected chi connectivity index (χ4v) is 5.24. The third kappa shape index (κ3) is 2.51. The maximum atomic E-state index is 13.3. The highest BCUT2D eigenvalue weighted by Gasteiger charge is 2.48. The summed E-state index contributed by atoms with van der Waals surface area (Å²) in [7, 11) is -3.84. The van der Waals surface area contributed by atoms with Gasteiger partial charge in [0.15, 0.2) is 0 Å². The van der Waals surface area contributed by atoms with Crippen molar-refractivity contribution in [2.24, 2.45) is 17.8 Å². The molecule has 3 rings (SSSR count). The Kier molecular flexibility index (Phi) is 3.93. The number of halogens is 1. The first-order chi connectivity index (χ1) is 10.5. The van der Waals surface area contributed by atoms with Crippen molar-refractivity contribution < 1.29 is 17.9 Å². The molecule has 1 aromatic carbocycles. The quantitative estimate of drug-likeness (QED) is 0.875. The second kappa shape index (κ2) is 5.61. The van der Waals surface area contributed by atoms with E-state index in [0.717, 1.165) is 37.5 Å². The number of sulfonamides is 1. The fraction of sp³-hybridized carbons (Fsp3) is 0.533. The molecule has 2 saturated carbocycles. The van der Waals surface area contributed by atoms with E-state index < -0.39 is 15.8 Å². The number of benzene rings is 1. The summed E-state index contributed by atoms with van der Waals surface area (Å²) in [6.45, 7) is -0.0405. The molecule has 7 heteroatoms. The van der Waals surface area contributed by atoms with Crippen molar-refractivity contribution in [2.45, 2.75) is 30.2 Å². The van der Waals surface area contributed by atoms with E-state index in [-0.39, 0.29) is 34.9 Å². The minimum atomic E-state index is -3.84. The molecule has 0 saturated heterocycles. The van der Waals surface area contributed by atoms with Crippen molar-refractivity contribution >= 4 is 10.0 Å². The summed E-state index contributed by atoms with van der Waals surface area (Å²) in [6, 6.07) is 4.53. The molecular formula is C15H17FN2O3S. The monoisotopic (exact) mass is 324 g/mol. The van der Waals surface area contributed by atoms with E-state index in [1.807, 2.05) is 0 Å². The highest BCUT2D eigenvalue weighted by atomic mass is 32.2. The number of hydrogen-bond donors (Lipinski definition) is 2. The Morgan fingerprint density at radius 3 is 2.77 bits per heavy atom. The molecule has 0 radical (unpaired) electrons. The van der Waals surface area contributed by atoms with Crippen molar-refractivity contribution in [1.29, 1.82) is 5.26 Å². The van der Waals surface area contributed by atoms with Crippen LogP contribution < -0.4 is 4.72 Å². The van der Waals surface area contributed by atoms with E-state index in [4.69, 9.17) is 5.26 Å². The van der Waals surface area contributed by atoms with Gasteiger partial charge in [0, 0.05) is 18.6 Å². The van der Waals surface area contributed by atoms with Crippen molar-refractivity contribution in [3.63, 3.8) is 0 Å². The topological polar surface area (TPSA) is 90.2 Å². The number of nitrogens with one attached hydrogen (secondary N) is 1. The predicted molar refractivity (Wildman–Crippen MR) is 76.6 cm³/mol. The molecule has 2 bridgehead atoms. The lowest BCUT2D eigenvalue weighted by Crippen LogP contribution is -2.45. The molecule has 4 atom stereocenters. The van der Waals surface area contributed by atoms with Crippen LogP contribution in [0.15, 0.2) is 23.1 Å². The zero-order valence-corrected chi connectivity index (χ0v) is 12.7. The lowest BCUT2D eigenvalue weighted by atomic mass is 9.86.